The van der Waals surface area contributed by atoms with Crippen LogP contribution in [0.5, 0.6) is 5.75 Å². The van der Waals surface area contributed by atoms with Gasteiger partial charge in [0, 0.05) is 174 Å². The minimum absolute atomic E-state index is 0.0951. The standard InChI is InChI=1S/C24H30N4O4S.C19H28N2O3S.C18H26N2O3S.C18H27NO4S.C17H23FN2O3S/c1-17(29)19-6-8-21(9-7-19)33(31,32)28-22(15-20-3-2-12-25-20)23(30)26-24(28)10-13-27(14-11-24)16-18-4-5-18;1-2-16-5-7-18(8-6-16)25(22,23)21-13-14-24-19(21)9-11-20(12-10-19)15-17-3-4-17;1-15-2-6-17(7-3-15)24(21,22)20-12-13-23-18(20)8-10-19(11-9-18)14-16-4-5-16;1-14(2)15-8-10-18(11-9-15)19(12-13-23-18)24(20,21)17-6-4-16(22-3)5-7-17;18-15-3-5-16(6-4-15)24(21,22)20-11-12-23-17(20)7-9-19(10-8-17)13-14-1-2-14/h3,6-9,12,18,22H,2,4-5,10-11,13-16H2,1H3,(H,26,30);5-8,17H,2-4,9-15H2,1H3;2-3,6-7,16H,4-5,8-14H2,1H3;4-7,14-15H,8-13H2,1-3H3;3-6,14H,1-2,7-13H2. The number of aryl methyl sites for hydroxylation is 2. The highest BCUT2D eigenvalue weighted by Crippen LogP contribution is 2.49. The Kier molecular flexibility index (Phi) is 29.8. The van der Waals surface area contributed by atoms with Gasteiger partial charge in [0.2, 0.25) is 56.0 Å². The van der Waals surface area contributed by atoms with E-state index in [4.69, 9.17) is 23.7 Å². The van der Waals surface area contributed by atoms with Crippen LogP contribution in [-0.2, 0) is 80.3 Å². The lowest BCUT2D eigenvalue weighted by molar-refractivity contribution is -0.121. The molecule has 130 heavy (non-hydrogen) atoms. The van der Waals surface area contributed by atoms with Crippen LogP contribution in [0.4, 0.5) is 4.39 Å². The number of amides is 1. The number of hydrogen-bond donors (Lipinski definition) is 1. The van der Waals surface area contributed by atoms with Gasteiger partial charge in [-0.05, 0) is 236 Å². The number of likely N-dealkylation sites (tertiary alicyclic amines) is 4. The van der Waals surface area contributed by atoms with Gasteiger partial charge in [-0.1, -0.05) is 68.8 Å². The average Bonchev–Trinajstić information content (AvgIpc) is 1.57. The molecule has 1 amide bonds. The molecule has 0 bridgehead atoms. The van der Waals surface area contributed by atoms with Crippen LogP contribution in [0.25, 0.3) is 0 Å². The quantitative estimate of drug-likeness (QED) is 0.0561. The summed E-state index contributed by atoms with van der Waals surface area (Å²) in [6.07, 6.45) is 25.3. The zero-order valence-electron chi connectivity index (χ0n) is 76.5. The Morgan fingerprint density at radius 3 is 1.14 bits per heavy atom. The number of carbonyl (C=O) groups excluding carboxylic acids is 2. The minimum Gasteiger partial charge on any atom is -0.497 e. The maximum absolute atomic E-state index is 14.0. The zero-order chi connectivity index (χ0) is 91.7. The number of nitrogens with one attached hydrogen (secondary N) is 1. The van der Waals surface area contributed by atoms with Crippen molar-refractivity contribution in [2.75, 3.05) is 138 Å². The molecule has 5 aromatic carbocycles. The Balaban J connectivity index is 0.000000120. The summed E-state index contributed by atoms with van der Waals surface area (Å²) < 4.78 is 183. The van der Waals surface area contributed by atoms with Gasteiger partial charge in [0.15, 0.2) is 5.78 Å². The van der Waals surface area contributed by atoms with Crippen LogP contribution in [-0.4, -0.2) is 274 Å². The van der Waals surface area contributed by atoms with Crippen LogP contribution < -0.4 is 10.1 Å². The molecular weight excluding hydrogens is 1760 g/mol. The molecule has 5 spiro atoms. The molecule has 1 unspecified atom stereocenters. The summed E-state index contributed by atoms with van der Waals surface area (Å²) in [6.45, 7) is 25.0. The molecule has 5 aliphatic carbocycles. The number of ether oxygens (including phenoxy) is 5. The number of carbonyl (C=O) groups is 2. The third-order valence-electron chi connectivity index (χ3n) is 29.6. The molecule has 0 radical (unpaired) electrons. The fourth-order valence-corrected chi connectivity index (χ4v) is 29.8. The van der Waals surface area contributed by atoms with E-state index in [2.05, 4.69) is 50.7 Å². The van der Waals surface area contributed by atoms with E-state index in [1.807, 2.05) is 37.3 Å². The maximum atomic E-state index is 14.0. The highest BCUT2D eigenvalue weighted by atomic mass is 32.2. The van der Waals surface area contributed by atoms with Gasteiger partial charge in [0.25, 0.3) is 0 Å². The first kappa shape index (κ1) is 96.7. The van der Waals surface area contributed by atoms with Gasteiger partial charge in [-0.15, -0.1) is 0 Å². The minimum atomic E-state index is -4.00. The highest BCUT2D eigenvalue weighted by molar-refractivity contribution is 7.90. The van der Waals surface area contributed by atoms with E-state index in [1.165, 1.54) is 129 Å². The van der Waals surface area contributed by atoms with E-state index in [9.17, 15) is 56.1 Å². The van der Waals surface area contributed by atoms with E-state index in [1.54, 1.807) is 74.8 Å². The number of nitrogens with zero attached hydrogens (tertiary/aromatic N) is 10. The molecular formula is C96H134FN11O17S5. The number of piperidine rings is 4. The van der Waals surface area contributed by atoms with Gasteiger partial charge >= 0.3 is 0 Å². The Hall–Kier alpha value is -6.39. The van der Waals surface area contributed by atoms with E-state index < -0.39 is 90.5 Å². The summed E-state index contributed by atoms with van der Waals surface area (Å²) in [7, 11) is -16.7. The lowest BCUT2D eigenvalue weighted by atomic mass is 9.78. The lowest BCUT2D eigenvalue weighted by Crippen LogP contribution is -2.60. The van der Waals surface area contributed by atoms with Crippen LogP contribution in [0.3, 0.4) is 0 Å². The van der Waals surface area contributed by atoms with Crippen molar-refractivity contribution < 1.29 is 79.8 Å². The van der Waals surface area contributed by atoms with Crippen molar-refractivity contribution in [3.63, 3.8) is 0 Å². The summed E-state index contributed by atoms with van der Waals surface area (Å²) in [5.41, 5.74) is -0.179. The van der Waals surface area contributed by atoms with Gasteiger partial charge in [-0.25, -0.2) is 46.5 Å². The molecule has 1 atom stereocenters. The second-order valence-corrected chi connectivity index (χ2v) is 48.1. The smallest absolute Gasteiger partial charge is 0.245 e. The van der Waals surface area contributed by atoms with E-state index >= 15 is 0 Å². The number of sulfonamides is 5. The van der Waals surface area contributed by atoms with Crippen molar-refractivity contribution in [3.05, 3.63) is 156 Å². The lowest BCUT2D eigenvalue weighted by Gasteiger charge is -2.44. The van der Waals surface area contributed by atoms with Gasteiger partial charge in [0.05, 0.1) is 58.0 Å². The topological polar surface area (TPSA) is 305 Å². The van der Waals surface area contributed by atoms with Gasteiger partial charge in [-0.3, -0.25) is 14.6 Å². The fraction of sp³-hybridized carbons (Fsp3) is 0.635. The number of aliphatic imine (C=N–C) groups is 1. The summed E-state index contributed by atoms with van der Waals surface area (Å²) >= 11 is 0. The normalized spacial score (nSPS) is 25.9. The number of halogens is 1. The second-order valence-electron chi connectivity index (χ2n) is 38.8. The number of benzene rings is 5. The van der Waals surface area contributed by atoms with Crippen LogP contribution in [0.1, 0.15) is 190 Å². The molecule has 15 aliphatic rings. The van der Waals surface area contributed by atoms with Crippen molar-refractivity contribution in [2.45, 2.75) is 241 Å². The van der Waals surface area contributed by atoms with Gasteiger partial charge in [-0.2, -0.15) is 21.5 Å². The van der Waals surface area contributed by atoms with Crippen LogP contribution in [0.2, 0.25) is 0 Å². The van der Waals surface area contributed by atoms with Gasteiger partial charge < -0.3 is 48.6 Å². The van der Waals surface area contributed by atoms with E-state index in [0.717, 1.165) is 164 Å². The molecule has 34 heteroatoms. The molecule has 20 rings (SSSR count). The van der Waals surface area contributed by atoms with Gasteiger partial charge in [0.1, 0.15) is 46.2 Å². The number of ketones is 1. The zero-order valence-corrected chi connectivity index (χ0v) is 80.6. The molecule has 10 heterocycles. The molecule has 10 aliphatic heterocycles. The third kappa shape index (κ3) is 21.7. The second kappa shape index (κ2) is 40.1. The predicted molar refractivity (Wildman–Crippen MR) is 493 cm³/mol. The number of Topliss-reactive ketones (excluding diaryl/α,β-unsaturated/α-hetero) is 1. The van der Waals surface area contributed by atoms with Crippen molar-refractivity contribution in [3.8, 4) is 5.75 Å². The average molecular weight is 1890 g/mol. The molecule has 1 N–H and O–H groups in total. The van der Waals surface area contributed by atoms with Crippen LogP contribution in [0.15, 0.2) is 163 Å². The van der Waals surface area contributed by atoms with Crippen molar-refractivity contribution >= 4 is 68.0 Å². The summed E-state index contributed by atoms with van der Waals surface area (Å²) in [4.78, 5) is 40.2. The largest absolute Gasteiger partial charge is 0.497 e. The molecule has 712 valence electrons. The summed E-state index contributed by atoms with van der Waals surface area (Å²) in [6, 6.07) is 31.2. The highest BCUT2D eigenvalue weighted by Gasteiger charge is 2.60. The van der Waals surface area contributed by atoms with Crippen LogP contribution >= 0.6 is 0 Å². The Morgan fingerprint density at radius 1 is 0.462 bits per heavy atom. The first-order valence-electron chi connectivity index (χ1n) is 47.5. The Labute approximate surface area is 770 Å². The fourth-order valence-electron chi connectivity index (χ4n) is 21.0. The monoisotopic (exact) mass is 1890 g/mol. The third-order valence-corrected chi connectivity index (χ3v) is 39.4. The van der Waals surface area contributed by atoms with E-state index in [0.29, 0.717) is 123 Å². The van der Waals surface area contributed by atoms with Crippen molar-refractivity contribution in [1.82, 2.24) is 46.4 Å². The maximum Gasteiger partial charge on any atom is 0.245 e. The van der Waals surface area contributed by atoms with Crippen molar-refractivity contribution in [2.24, 2.45) is 40.5 Å². The number of hydrogen-bond acceptors (Lipinski definition) is 22. The molecule has 9 saturated heterocycles. The molecule has 28 nitrogen and oxygen atoms in total. The SMILES string of the molecule is CC(=O)c1ccc(S(=O)(=O)N2C(CC3=CCC=N3)C(=O)NC23CCN(CC2CC2)CC3)cc1.CCc1ccc(S(=O)(=O)N2CCOC23CCN(CC2CC2)CC3)cc1.COc1ccc(S(=O)(=O)N2CCOC23CCC(C(C)C)CC3)cc1.Cc1ccc(S(=O)(=O)N2CCOC23CCN(CC2CC2)CC3)cc1.O=S(=O)(c1ccc(F)cc1)N1CCOC12CCN(CC1CC1)CC2. The van der Waals surface area contributed by atoms with Crippen molar-refractivity contribution in [1.29, 1.82) is 0 Å². The number of methoxy groups -OCH3 is 1. The predicted octanol–water partition coefficient (Wildman–Crippen LogP) is 12.3. The first-order chi connectivity index (χ1) is 62.2. The Morgan fingerprint density at radius 2 is 0.800 bits per heavy atom. The van der Waals surface area contributed by atoms with Crippen LogP contribution in [0, 0.1) is 48.2 Å². The molecule has 14 fully saturated rings. The molecule has 5 aromatic rings. The molecule has 5 saturated carbocycles. The summed E-state index contributed by atoms with van der Waals surface area (Å²) in [5.74, 6) is 4.46. The molecule has 0 aromatic heterocycles. The number of rotatable bonds is 24. The summed E-state index contributed by atoms with van der Waals surface area (Å²) in [5, 5.41) is 3.09. The first-order valence-corrected chi connectivity index (χ1v) is 54.7. The number of allylic oxidation sites excluding steroid dienone is 1. The Bertz CT molecular complexity index is 5290. The van der Waals surface area contributed by atoms with E-state index in [-0.39, 0.29) is 27.9 Å².